The summed E-state index contributed by atoms with van der Waals surface area (Å²) in [4.78, 5) is 14.0. The van der Waals surface area contributed by atoms with Crippen LogP contribution in [-0.2, 0) is 11.3 Å². The Kier molecular flexibility index (Phi) is 3.27. The lowest BCUT2D eigenvalue weighted by atomic mass is 9.89. The van der Waals surface area contributed by atoms with Crippen molar-refractivity contribution in [1.82, 2.24) is 19.7 Å². The van der Waals surface area contributed by atoms with Gasteiger partial charge in [0.1, 0.15) is 11.4 Å². The zero-order valence-electron chi connectivity index (χ0n) is 12.0. The van der Waals surface area contributed by atoms with E-state index >= 15 is 0 Å². The number of carbonyl (C=O) groups is 1. The molecule has 20 heavy (non-hydrogen) atoms. The summed E-state index contributed by atoms with van der Waals surface area (Å²) >= 11 is 3.42. The van der Waals surface area contributed by atoms with E-state index in [1.165, 1.54) is 0 Å². The molecule has 2 unspecified atom stereocenters. The van der Waals surface area contributed by atoms with Gasteiger partial charge in [-0.15, -0.1) is 10.2 Å². The van der Waals surface area contributed by atoms with Crippen molar-refractivity contribution in [2.45, 2.75) is 45.3 Å². The molecule has 0 bridgehead atoms. The number of nitrogens with zero attached hydrogens (tertiary/aromatic N) is 4. The number of rotatable bonds is 0. The molecule has 3 heterocycles. The first kappa shape index (κ1) is 13.9. The number of carbonyl (C=O) groups excluding carboxylic acids is 1. The van der Waals surface area contributed by atoms with Gasteiger partial charge in [0, 0.05) is 25.6 Å². The van der Waals surface area contributed by atoms with Crippen molar-refractivity contribution in [3.05, 3.63) is 10.6 Å². The van der Waals surface area contributed by atoms with Gasteiger partial charge in [-0.25, -0.2) is 4.79 Å². The Morgan fingerprint density at radius 2 is 2.10 bits per heavy atom. The SMILES string of the molecule is CC(C)(C)OC(=O)N1CC2CCn3c(Br)nnc3C2C1. The Balaban J connectivity index is 1.75. The topological polar surface area (TPSA) is 60.2 Å². The highest BCUT2D eigenvalue weighted by atomic mass is 79.9. The maximum Gasteiger partial charge on any atom is 0.410 e. The van der Waals surface area contributed by atoms with Crippen molar-refractivity contribution in [3.8, 4) is 0 Å². The third kappa shape index (κ3) is 2.43. The molecule has 2 aliphatic heterocycles. The summed E-state index contributed by atoms with van der Waals surface area (Å²) in [5, 5.41) is 8.34. The number of hydrogen-bond acceptors (Lipinski definition) is 4. The zero-order chi connectivity index (χ0) is 14.5. The van der Waals surface area contributed by atoms with Crippen LogP contribution < -0.4 is 0 Å². The normalized spacial score (nSPS) is 25.3. The van der Waals surface area contributed by atoms with E-state index in [0.717, 1.165) is 30.1 Å². The molecule has 0 spiro atoms. The molecule has 1 aromatic heterocycles. The summed E-state index contributed by atoms with van der Waals surface area (Å²) in [7, 11) is 0. The molecule has 1 saturated heterocycles. The Labute approximate surface area is 126 Å². The summed E-state index contributed by atoms with van der Waals surface area (Å²) in [6.45, 7) is 8.01. The number of ether oxygens (including phenoxy) is 1. The van der Waals surface area contributed by atoms with E-state index in [1.54, 1.807) is 4.90 Å². The molecule has 0 N–H and O–H groups in total. The Morgan fingerprint density at radius 1 is 1.35 bits per heavy atom. The van der Waals surface area contributed by atoms with Crippen LogP contribution in [0.4, 0.5) is 4.79 Å². The molecule has 6 nitrogen and oxygen atoms in total. The quantitative estimate of drug-likeness (QED) is 0.726. The molecule has 7 heteroatoms. The summed E-state index contributed by atoms with van der Waals surface area (Å²) in [5.74, 6) is 1.72. The minimum Gasteiger partial charge on any atom is -0.444 e. The number of halogens is 1. The van der Waals surface area contributed by atoms with E-state index in [2.05, 4.69) is 30.7 Å². The summed E-state index contributed by atoms with van der Waals surface area (Å²) in [6, 6.07) is 0. The second-order valence-corrected chi connectivity index (χ2v) is 7.23. The van der Waals surface area contributed by atoms with E-state index < -0.39 is 5.60 Å². The Hall–Kier alpha value is -1.11. The highest BCUT2D eigenvalue weighted by Crippen LogP contribution is 2.39. The van der Waals surface area contributed by atoms with Crippen LogP contribution in [0.15, 0.2) is 4.73 Å². The first-order valence-corrected chi connectivity index (χ1v) is 7.71. The molecule has 3 rings (SSSR count). The van der Waals surface area contributed by atoms with Gasteiger partial charge in [-0.1, -0.05) is 0 Å². The lowest BCUT2D eigenvalue weighted by Gasteiger charge is -2.24. The van der Waals surface area contributed by atoms with Gasteiger partial charge < -0.3 is 14.2 Å². The van der Waals surface area contributed by atoms with Gasteiger partial charge in [-0.05, 0) is 49.0 Å². The molecular weight excluding hydrogens is 324 g/mol. The fourth-order valence-electron chi connectivity index (χ4n) is 3.00. The first-order chi connectivity index (χ1) is 9.35. The average Bonchev–Trinajstić information content (AvgIpc) is 2.90. The first-order valence-electron chi connectivity index (χ1n) is 6.91. The van der Waals surface area contributed by atoms with Crippen LogP contribution >= 0.6 is 15.9 Å². The van der Waals surface area contributed by atoms with Crippen molar-refractivity contribution >= 4 is 22.0 Å². The predicted molar refractivity (Wildman–Crippen MR) is 76.4 cm³/mol. The van der Waals surface area contributed by atoms with Crippen LogP contribution in [0.25, 0.3) is 0 Å². The average molecular weight is 343 g/mol. The largest absolute Gasteiger partial charge is 0.444 e. The highest BCUT2D eigenvalue weighted by Gasteiger charge is 2.42. The second-order valence-electron chi connectivity index (χ2n) is 6.52. The maximum atomic E-state index is 12.2. The maximum absolute atomic E-state index is 12.2. The minimum absolute atomic E-state index is 0.225. The molecule has 2 atom stereocenters. The molecule has 0 radical (unpaired) electrons. The van der Waals surface area contributed by atoms with Crippen LogP contribution in [0.5, 0.6) is 0 Å². The van der Waals surface area contributed by atoms with Crippen molar-refractivity contribution in [1.29, 1.82) is 0 Å². The van der Waals surface area contributed by atoms with E-state index in [0.29, 0.717) is 12.5 Å². The summed E-state index contributed by atoms with van der Waals surface area (Å²) in [6.07, 6.45) is 0.824. The number of aromatic nitrogens is 3. The van der Waals surface area contributed by atoms with E-state index in [1.807, 2.05) is 20.8 Å². The van der Waals surface area contributed by atoms with E-state index in [-0.39, 0.29) is 12.0 Å². The lowest BCUT2D eigenvalue weighted by Crippen LogP contribution is -2.35. The van der Waals surface area contributed by atoms with Crippen molar-refractivity contribution in [2.24, 2.45) is 5.92 Å². The molecule has 1 amide bonds. The summed E-state index contributed by atoms with van der Waals surface area (Å²) < 4.78 is 8.33. The number of fused-ring (bicyclic) bond motifs is 3. The van der Waals surface area contributed by atoms with Gasteiger partial charge in [0.15, 0.2) is 4.73 Å². The zero-order valence-corrected chi connectivity index (χ0v) is 13.6. The van der Waals surface area contributed by atoms with Gasteiger partial charge in [-0.2, -0.15) is 0 Å². The molecule has 0 aliphatic carbocycles. The van der Waals surface area contributed by atoms with Crippen molar-refractivity contribution in [3.63, 3.8) is 0 Å². The van der Waals surface area contributed by atoms with Crippen molar-refractivity contribution < 1.29 is 9.53 Å². The Bertz CT molecular complexity index is 537. The lowest BCUT2D eigenvalue weighted by molar-refractivity contribution is 0.0286. The highest BCUT2D eigenvalue weighted by molar-refractivity contribution is 9.10. The Morgan fingerprint density at radius 3 is 2.80 bits per heavy atom. The number of hydrogen-bond donors (Lipinski definition) is 0. The van der Waals surface area contributed by atoms with Gasteiger partial charge in [0.2, 0.25) is 0 Å². The van der Waals surface area contributed by atoms with Crippen LogP contribution in [0.2, 0.25) is 0 Å². The fraction of sp³-hybridized carbons (Fsp3) is 0.769. The van der Waals surface area contributed by atoms with Crippen LogP contribution in [0.1, 0.15) is 38.9 Å². The summed E-state index contributed by atoms with van der Waals surface area (Å²) in [5.41, 5.74) is -0.450. The molecular formula is C13H19BrN4O2. The molecule has 2 aliphatic rings. The monoisotopic (exact) mass is 342 g/mol. The smallest absolute Gasteiger partial charge is 0.410 e. The minimum atomic E-state index is -0.450. The molecule has 110 valence electrons. The second kappa shape index (κ2) is 4.72. The molecule has 0 saturated carbocycles. The van der Waals surface area contributed by atoms with Gasteiger partial charge in [-0.3, -0.25) is 0 Å². The van der Waals surface area contributed by atoms with Crippen LogP contribution in [0.3, 0.4) is 0 Å². The third-order valence-corrected chi connectivity index (χ3v) is 4.47. The van der Waals surface area contributed by atoms with E-state index in [9.17, 15) is 4.79 Å². The predicted octanol–water partition coefficient (Wildman–Crippen LogP) is 2.39. The fourth-order valence-corrected chi connectivity index (χ4v) is 3.44. The van der Waals surface area contributed by atoms with Gasteiger partial charge in [0.25, 0.3) is 0 Å². The van der Waals surface area contributed by atoms with Crippen LogP contribution in [-0.4, -0.2) is 44.4 Å². The standard InChI is InChI=1S/C13H19BrN4O2/c1-13(2,3)20-12(19)17-6-8-4-5-18-10(9(8)7-17)15-16-11(18)14/h8-9H,4-7H2,1-3H3. The molecule has 1 fully saturated rings. The third-order valence-electron chi connectivity index (χ3n) is 3.88. The molecule has 0 aromatic carbocycles. The van der Waals surface area contributed by atoms with Gasteiger partial charge >= 0.3 is 6.09 Å². The van der Waals surface area contributed by atoms with E-state index in [4.69, 9.17) is 4.74 Å². The molecule has 1 aromatic rings. The van der Waals surface area contributed by atoms with Crippen molar-refractivity contribution in [2.75, 3.05) is 13.1 Å². The van der Waals surface area contributed by atoms with Gasteiger partial charge in [0.05, 0.1) is 0 Å². The number of likely N-dealkylation sites (tertiary alicyclic amines) is 1. The number of amides is 1. The van der Waals surface area contributed by atoms with Crippen LogP contribution in [0, 0.1) is 5.92 Å².